The van der Waals surface area contributed by atoms with E-state index in [0.29, 0.717) is 19.3 Å². The molecule has 0 aromatic heterocycles. The summed E-state index contributed by atoms with van der Waals surface area (Å²) in [7, 11) is 0. The molecule has 0 aromatic rings. The predicted molar refractivity (Wildman–Crippen MR) is 63.4 cm³/mol. The molecule has 0 aromatic carbocycles. The minimum absolute atomic E-state index is 0.511. The van der Waals surface area contributed by atoms with Crippen LogP contribution >= 0.6 is 11.8 Å². The highest BCUT2D eigenvalue weighted by atomic mass is 32.2. The molecule has 2 aliphatic rings. The van der Waals surface area contributed by atoms with Crippen LogP contribution < -0.4 is 5.32 Å². The van der Waals surface area contributed by atoms with E-state index in [4.69, 9.17) is 4.74 Å². The molecule has 4 heteroatoms. The summed E-state index contributed by atoms with van der Waals surface area (Å²) in [6, 6.07) is 0.623. The Hall–Kier alpha value is 0.230. The summed E-state index contributed by atoms with van der Waals surface area (Å²) in [5.74, 6) is 2.53. The van der Waals surface area contributed by atoms with Crippen LogP contribution in [0.4, 0.5) is 0 Å². The monoisotopic (exact) mass is 231 g/mol. The number of ether oxygens (including phenoxy) is 1. The zero-order valence-electron chi connectivity index (χ0n) is 9.21. The van der Waals surface area contributed by atoms with Gasteiger partial charge in [-0.1, -0.05) is 0 Å². The summed E-state index contributed by atoms with van der Waals surface area (Å²) in [6.07, 6.45) is 4.05. The second-order valence-electron chi connectivity index (χ2n) is 4.60. The number of aliphatic hydroxyl groups is 1. The first-order chi connectivity index (χ1) is 7.29. The van der Waals surface area contributed by atoms with E-state index in [1.54, 1.807) is 0 Å². The van der Waals surface area contributed by atoms with Crippen molar-refractivity contribution in [1.29, 1.82) is 0 Å². The van der Waals surface area contributed by atoms with Gasteiger partial charge in [0.15, 0.2) is 0 Å². The summed E-state index contributed by atoms with van der Waals surface area (Å²) in [6.45, 7) is 2.16. The standard InChI is InChI=1S/C11H21NO2S/c13-11(3-5-14-6-4-11)9-12-10-1-7-15-8-2-10/h10,12-13H,1-9H2. The van der Waals surface area contributed by atoms with Crippen molar-refractivity contribution in [2.45, 2.75) is 37.3 Å². The zero-order valence-corrected chi connectivity index (χ0v) is 10.0. The Balaban J connectivity index is 1.70. The van der Waals surface area contributed by atoms with E-state index in [9.17, 15) is 5.11 Å². The van der Waals surface area contributed by atoms with Gasteiger partial charge in [-0.05, 0) is 24.3 Å². The van der Waals surface area contributed by atoms with Crippen molar-refractivity contribution >= 4 is 11.8 Å². The molecule has 0 saturated carbocycles. The topological polar surface area (TPSA) is 41.5 Å². The van der Waals surface area contributed by atoms with Gasteiger partial charge in [-0.25, -0.2) is 0 Å². The van der Waals surface area contributed by atoms with Crippen molar-refractivity contribution < 1.29 is 9.84 Å². The van der Waals surface area contributed by atoms with Crippen LogP contribution in [-0.4, -0.2) is 48.0 Å². The SMILES string of the molecule is OC1(CNC2CCSCC2)CCOCC1. The van der Waals surface area contributed by atoms with Crippen molar-refractivity contribution in [3.63, 3.8) is 0 Å². The van der Waals surface area contributed by atoms with E-state index in [1.807, 2.05) is 11.8 Å². The summed E-state index contributed by atoms with van der Waals surface area (Å²) in [5, 5.41) is 13.8. The second-order valence-corrected chi connectivity index (χ2v) is 5.83. The molecule has 0 amide bonds. The zero-order chi connectivity index (χ0) is 10.6. The van der Waals surface area contributed by atoms with Crippen LogP contribution in [-0.2, 0) is 4.74 Å². The Labute approximate surface area is 96.0 Å². The lowest BCUT2D eigenvalue weighted by Gasteiger charge is -2.34. The van der Waals surface area contributed by atoms with E-state index in [1.165, 1.54) is 24.3 Å². The fourth-order valence-corrected chi connectivity index (χ4v) is 3.27. The molecule has 0 unspecified atom stereocenters. The molecular weight excluding hydrogens is 210 g/mol. The van der Waals surface area contributed by atoms with Crippen LogP contribution in [0.5, 0.6) is 0 Å². The molecular formula is C11H21NO2S. The molecule has 88 valence electrons. The van der Waals surface area contributed by atoms with E-state index in [-0.39, 0.29) is 0 Å². The number of hydrogen-bond acceptors (Lipinski definition) is 4. The molecule has 15 heavy (non-hydrogen) atoms. The lowest BCUT2D eigenvalue weighted by molar-refractivity contribution is -0.0628. The maximum Gasteiger partial charge on any atom is 0.0815 e. The second kappa shape index (κ2) is 5.53. The van der Waals surface area contributed by atoms with Crippen LogP contribution in [0.25, 0.3) is 0 Å². The van der Waals surface area contributed by atoms with Crippen LogP contribution in [0.2, 0.25) is 0 Å². The first-order valence-corrected chi connectivity index (χ1v) is 7.05. The van der Waals surface area contributed by atoms with Gasteiger partial charge in [-0.2, -0.15) is 11.8 Å². The lowest BCUT2D eigenvalue weighted by atomic mass is 9.94. The Morgan fingerprint density at radius 1 is 1.27 bits per heavy atom. The smallest absolute Gasteiger partial charge is 0.0815 e. The Kier molecular flexibility index (Phi) is 4.31. The van der Waals surface area contributed by atoms with E-state index in [2.05, 4.69) is 5.32 Å². The molecule has 0 spiro atoms. The fourth-order valence-electron chi connectivity index (χ4n) is 2.16. The molecule has 0 radical (unpaired) electrons. The highest BCUT2D eigenvalue weighted by Gasteiger charge is 2.30. The first-order valence-electron chi connectivity index (χ1n) is 5.90. The van der Waals surface area contributed by atoms with E-state index in [0.717, 1.165) is 19.4 Å². The van der Waals surface area contributed by atoms with Crippen LogP contribution in [0.1, 0.15) is 25.7 Å². The third-order valence-electron chi connectivity index (χ3n) is 3.36. The maximum absolute atomic E-state index is 10.3. The van der Waals surface area contributed by atoms with Gasteiger partial charge in [0, 0.05) is 38.6 Å². The number of hydrogen-bond donors (Lipinski definition) is 2. The average Bonchev–Trinajstić information content (AvgIpc) is 2.29. The third kappa shape index (κ3) is 3.63. The summed E-state index contributed by atoms with van der Waals surface area (Å²) in [5.41, 5.74) is -0.511. The molecule has 3 nitrogen and oxygen atoms in total. The molecule has 2 aliphatic heterocycles. The minimum Gasteiger partial charge on any atom is -0.388 e. The molecule has 2 fully saturated rings. The average molecular weight is 231 g/mol. The molecule has 2 heterocycles. The van der Waals surface area contributed by atoms with Crippen LogP contribution in [0.3, 0.4) is 0 Å². The number of rotatable bonds is 3. The first kappa shape index (κ1) is 11.7. The van der Waals surface area contributed by atoms with Crippen molar-refractivity contribution in [3.8, 4) is 0 Å². The molecule has 2 rings (SSSR count). The van der Waals surface area contributed by atoms with Crippen molar-refractivity contribution in [3.05, 3.63) is 0 Å². The van der Waals surface area contributed by atoms with Gasteiger partial charge in [-0.3, -0.25) is 0 Å². The number of thioether (sulfide) groups is 1. The van der Waals surface area contributed by atoms with Gasteiger partial charge in [0.25, 0.3) is 0 Å². The van der Waals surface area contributed by atoms with Crippen molar-refractivity contribution in [1.82, 2.24) is 5.32 Å². The van der Waals surface area contributed by atoms with Gasteiger partial charge < -0.3 is 15.2 Å². The maximum atomic E-state index is 10.3. The molecule has 0 atom stereocenters. The Bertz CT molecular complexity index is 189. The van der Waals surface area contributed by atoms with E-state index < -0.39 is 5.60 Å². The van der Waals surface area contributed by atoms with Crippen LogP contribution in [0, 0.1) is 0 Å². The van der Waals surface area contributed by atoms with Crippen molar-refractivity contribution in [2.75, 3.05) is 31.3 Å². The summed E-state index contributed by atoms with van der Waals surface area (Å²) >= 11 is 2.04. The van der Waals surface area contributed by atoms with Gasteiger partial charge in [0.1, 0.15) is 0 Å². The van der Waals surface area contributed by atoms with E-state index >= 15 is 0 Å². The molecule has 2 saturated heterocycles. The molecule has 2 N–H and O–H groups in total. The summed E-state index contributed by atoms with van der Waals surface area (Å²) < 4.78 is 5.27. The van der Waals surface area contributed by atoms with Gasteiger partial charge >= 0.3 is 0 Å². The highest BCUT2D eigenvalue weighted by molar-refractivity contribution is 7.99. The normalized spacial score (nSPS) is 27.8. The molecule has 0 bridgehead atoms. The molecule has 0 aliphatic carbocycles. The van der Waals surface area contributed by atoms with Crippen LogP contribution in [0.15, 0.2) is 0 Å². The largest absolute Gasteiger partial charge is 0.388 e. The summed E-state index contributed by atoms with van der Waals surface area (Å²) in [4.78, 5) is 0. The third-order valence-corrected chi connectivity index (χ3v) is 4.41. The lowest BCUT2D eigenvalue weighted by Crippen LogP contribution is -2.48. The van der Waals surface area contributed by atoms with Gasteiger partial charge in [-0.15, -0.1) is 0 Å². The number of nitrogens with one attached hydrogen (secondary N) is 1. The minimum atomic E-state index is -0.511. The quantitative estimate of drug-likeness (QED) is 0.761. The Morgan fingerprint density at radius 2 is 1.93 bits per heavy atom. The highest BCUT2D eigenvalue weighted by Crippen LogP contribution is 2.21. The van der Waals surface area contributed by atoms with Gasteiger partial charge in [0.2, 0.25) is 0 Å². The van der Waals surface area contributed by atoms with Crippen molar-refractivity contribution in [2.24, 2.45) is 0 Å². The Morgan fingerprint density at radius 3 is 2.60 bits per heavy atom. The fraction of sp³-hybridized carbons (Fsp3) is 1.00. The predicted octanol–water partition coefficient (Wildman–Crippen LogP) is 1.01. The van der Waals surface area contributed by atoms with Gasteiger partial charge in [0.05, 0.1) is 5.60 Å².